The lowest BCUT2D eigenvalue weighted by Gasteiger charge is -2.18. The molecular weight excluding hydrogens is 304 g/mol. The molecule has 1 heterocycles. The number of aryl methyl sites for hydroxylation is 2. The normalized spacial score (nSPS) is 12.8. The molecule has 0 amide bonds. The fourth-order valence-corrected chi connectivity index (χ4v) is 2.13. The maximum Gasteiger partial charge on any atom is 0.191 e. The highest BCUT2D eigenvalue weighted by molar-refractivity contribution is 5.79. The second-order valence-electron chi connectivity index (χ2n) is 5.63. The van der Waals surface area contributed by atoms with Gasteiger partial charge < -0.3 is 19.9 Å². The Morgan fingerprint density at radius 2 is 2.12 bits per heavy atom. The van der Waals surface area contributed by atoms with Crippen LogP contribution in [0.4, 0.5) is 0 Å². The average molecular weight is 330 g/mol. The molecule has 0 radical (unpaired) electrons. The number of guanidine groups is 1. The van der Waals surface area contributed by atoms with Crippen molar-refractivity contribution in [2.24, 2.45) is 12.0 Å². The van der Waals surface area contributed by atoms with E-state index in [9.17, 15) is 0 Å². The van der Waals surface area contributed by atoms with Gasteiger partial charge in [-0.1, -0.05) is 18.2 Å². The SMILES string of the molecule is CCNC(=NCc1nncn1C)NCC(C)Oc1ccccc1C. The molecule has 130 valence electrons. The fourth-order valence-electron chi connectivity index (χ4n) is 2.13. The van der Waals surface area contributed by atoms with E-state index in [1.807, 2.05) is 56.7 Å². The molecule has 0 aliphatic carbocycles. The Labute approximate surface area is 143 Å². The second-order valence-corrected chi connectivity index (χ2v) is 5.63. The van der Waals surface area contributed by atoms with Crippen molar-refractivity contribution in [2.75, 3.05) is 13.1 Å². The maximum atomic E-state index is 5.97. The van der Waals surface area contributed by atoms with Crippen LogP contribution in [0.3, 0.4) is 0 Å². The molecule has 0 aliphatic heterocycles. The van der Waals surface area contributed by atoms with Gasteiger partial charge in [-0.2, -0.15) is 0 Å². The van der Waals surface area contributed by atoms with Crippen LogP contribution in [-0.4, -0.2) is 39.9 Å². The molecule has 2 aromatic rings. The minimum absolute atomic E-state index is 0.0183. The molecule has 1 aromatic carbocycles. The van der Waals surface area contributed by atoms with Crippen LogP contribution in [0.1, 0.15) is 25.2 Å². The summed E-state index contributed by atoms with van der Waals surface area (Å²) < 4.78 is 7.83. The number of ether oxygens (including phenoxy) is 1. The highest BCUT2D eigenvalue weighted by atomic mass is 16.5. The average Bonchev–Trinajstić information content (AvgIpc) is 2.97. The van der Waals surface area contributed by atoms with Crippen molar-refractivity contribution in [2.45, 2.75) is 33.4 Å². The lowest BCUT2D eigenvalue weighted by atomic mass is 10.2. The predicted octanol–water partition coefficient (Wildman–Crippen LogP) is 1.65. The third-order valence-corrected chi connectivity index (χ3v) is 3.51. The van der Waals surface area contributed by atoms with E-state index in [2.05, 4.69) is 25.8 Å². The van der Waals surface area contributed by atoms with E-state index in [0.717, 1.165) is 29.6 Å². The number of benzene rings is 1. The monoisotopic (exact) mass is 330 g/mol. The molecule has 2 N–H and O–H groups in total. The van der Waals surface area contributed by atoms with Crippen LogP contribution in [-0.2, 0) is 13.6 Å². The molecule has 0 saturated carbocycles. The van der Waals surface area contributed by atoms with Gasteiger partial charge >= 0.3 is 0 Å². The van der Waals surface area contributed by atoms with Crippen LogP contribution in [0.2, 0.25) is 0 Å². The van der Waals surface area contributed by atoms with Gasteiger partial charge in [-0.15, -0.1) is 10.2 Å². The van der Waals surface area contributed by atoms with Gasteiger partial charge in [-0.3, -0.25) is 0 Å². The Bertz CT molecular complexity index is 667. The number of nitrogens with zero attached hydrogens (tertiary/aromatic N) is 4. The summed E-state index contributed by atoms with van der Waals surface area (Å²) >= 11 is 0. The van der Waals surface area contributed by atoms with Gasteiger partial charge in [0.15, 0.2) is 11.8 Å². The van der Waals surface area contributed by atoms with Gasteiger partial charge in [0.2, 0.25) is 0 Å². The summed E-state index contributed by atoms with van der Waals surface area (Å²) in [6.45, 7) is 8.02. The van der Waals surface area contributed by atoms with E-state index in [0.29, 0.717) is 13.1 Å². The number of hydrogen-bond acceptors (Lipinski definition) is 4. The number of aliphatic imine (C=N–C) groups is 1. The second kappa shape index (κ2) is 8.90. The number of hydrogen-bond donors (Lipinski definition) is 2. The summed E-state index contributed by atoms with van der Waals surface area (Å²) in [5, 5.41) is 14.4. The molecule has 2 rings (SSSR count). The van der Waals surface area contributed by atoms with Gasteiger partial charge in [0.1, 0.15) is 24.7 Å². The molecule has 1 aromatic heterocycles. The minimum Gasteiger partial charge on any atom is -0.489 e. The molecule has 7 heteroatoms. The summed E-state index contributed by atoms with van der Waals surface area (Å²) in [7, 11) is 1.91. The van der Waals surface area contributed by atoms with Crippen molar-refractivity contribution in [3.05, 3.63) is 42.0 Å². The van der Waals surface area contributed by atoms with Gasteiger partial charge in [-0.25, -0.2) is 4.99 Å². The van der Waals surface area contributed by atoms with Crippen molar-refractivity contribution in [3.8, 4) is 5.75 Å². The molecule has 1 unspecified atom stereocenters. The van der Waals surface area contributed by atoms with Crippen LogP contribution in [0, 0.1) is 6.92 Å². The zero-order valence-corrected chi connectivity index (χ0v) is 14.8. The first-order valence-corrected chi connectivity index (χ1v) is 8.17. The third kappa shape index (κ3) is 5.26. The van der Waals surface area contributed by atoms with Crippen LogP contribution < -0.4 is 15.4 Å². The summed E-state index contributed by atoms with van der Waals surface area (Å²) in [6, 6.07) is 8.02. The molecule has 0 saturated heterocycles. The fraction of sp³-hybridized carbons (Fsp3) is 0.471. The summed E-state index contributed by atoms with van der Waals surface area (Å²) in [5.41, 5.74) is 1.13. The smallest absolute Gasteiger partial charge is 0.191 e. The van der Waals surface area contributed by atoms with Gasteiger partial charge in [0, 0.05) is 13.6 Å². The molecule has 0 bridgehead atoms. The van der Waals surface area contributed by atoms with Crippen molar-refractivity contribution < 1.29 is 4.74 Å². The van der Waals surface area contributed by atoms with Gasteiger partial charge in [0.05, 0.1) is 6.54 Å². The van der Waals surface area contributed by atoms with Crippen molar-refractivity contribution in [3.63, 3.8) is 0 Å². The van der Waals surface area contributed by atoms with Gasteiger partial charge in [0.25, 0.3) is 0 Å². The van der Waals surface area contributed by atoms with E-state index in [1.54, 1.807) is 6.33 Å². The topological polar surface area (TPSA) is 76.4 Å². The van der Waals surface area contributed by atoms with E-state index >= 15 is 0 Å². The maximum absolute atomic E-state index is 5.97. The quantitative estimate of drug-likeness (QED) is 0.596. The Morgan fingerprint density at radius 1 is 1.33 bits per heavy atom. The van der Waals surface area contributed by atoms with E-state index < -0.39 is 0 Å². The summed E-state index contributed by atoms with van der Waals surface area (Å²) in [6.07, 6.45) is 1.69. The molecule has 1 atom stereocenters. The van der Waals surface area contributed by atoms with Gasteiger partial charge in [-0.05, 0) is 32.4 Å². The van der Waals surface area contributed by atoms with Crippen LogP contribution in [0.25, 0.3) is 0 Å². The predicted molar refractivity (Wildman–Crippen MR) is 95.1 cm³/mol. The molecule has 0 spiro atoms. The van der Waals surface area contributed by atoms with E-state index in [4.69, 9.17) is 4.74 Å². The summed E-state index contributed by atoms with van der Waals surface area (Å²) in [4.78, 5) is 4.53. The molecular formula is C17H26N6O. The van der Waals surface area contributed by atoms with Crippen LogP contribution >= 0.6 is 0 Å². The largest absolute Gasteiger partial charge is 0.489 e. The standard InChI is InChI=1S/C17H26N6O/c1-5-18-17(20-11-16-22-21-12-23(16)4)19-10-14(3)24-15-9-7-6-8-13(15)2/h6-9,12,14H,5,10-11H2,1-4H3,(H2,18,19,20). The lowest BCUT2D eigenvalue weighted by Crippen LogP contribution is -2.41. The number of nitrogens with one attached hydrogen (secondary N) is 2. The first-order chi connectivity index (χ1) is 11.6. The van der Waals surface area contributed by atoms with Crippen molar-refractivity contribution in [1.82, 2.24) is 25.4 Å². The minimum atomic E-state index is 0.0183. The van der Waals surface area contributed by atoms with E-state index in [1.165, 1.54) is 0 Å². The highest BCUT2D eigenvalue weighted by Gasteiger charge is 2.08. The zero-order chi connectivity index (χ0) is 17.4. The molecule has 0 fully saturated rings. The van der Waals surface area contributed by atoms with E-state index in [-0.39, 0.29) is 6.10 Å². The third-order valence-electron chi connectivity index (χ3n) is 3.51. The molecule has 0 aliphatic rings. The van der Waals surface area contributed by atoms with Crippen molar-refractivity contribution in [1.29, 1.82) is 0 Å². The first-order valence-electron chi connectivity index (χ1n) is 8.17. The molecule has 7 nitrogen and oxygen atoms in total. The zero-order valence-electron chi connectivity index (χ0n) is 14.8. The highest BCUT2D eigenvalue weighted by Crippen LogP contribution is 2.17. The van der Waals surface area contributed by atoms with Crippen LogP contribution in [0.15, 0.2) is 35.6 Å². The number of aromatic nitrogens is 3. The molecule has 24 heavy (non-hydrogen) atoms. The number of para-hydroxylation sites is 1. The lowest BCUT2D eigenvalue weighted by molar-refractivity contribution is 0.222. The Morgan fingerprint density at radius 3 is 2.79 bits per heavy atom. The number of rotatable bonds is 7. The summed E-state index contributed by atoms with van der Waals surface area (Å²) in [5.74, 6) is 2.46. The first kappa shape index (κ1) is 17.8. The Kier molecular flexibility index (Phi) is 6.60. The van der Waals surface area contributed by atoms with Crippen LogP contribution in [0.5, 0.6) is 5.75 Å². The van der Waals surface area contributed by atoms with Crippen molar-refractivity contribution >= 4 is 5.96 Å². The Hall–Kier alpha value is -2.57. The Balaban J connectivity index is 1.88.